The maximum Gasteiger partial charge on any atom is 0.313 e. The molecule has 3 amide bonds. The number of amides is 3. The number of aliphatic hydroxyl groups is 1. The molecule has 6 rings (SSSR count). The van der Waals surface area contributed by atoms with Crippen LogP contribution in [0.25, 0.3) is 11.0 Å². The predicted molar refractivity (Wildman–Crippen MR) is 203 cm³/mol. The Balaban J connectivity index is 1.36. The van der Waals surface area contributed by atoms with E-state index in [-0.39, 0.29) is 44.7 Å². The summed E-state index contributed by atoms with van der Waals surface area (Å²) in [6.07, 6.45) is 3.46. The van der Waals surface area contributed by atoms with E-state index in [2.05, 4.69) is 28.8 Å². The number of ether oxygens (including phenoxy) is 3. The van der Waals surface area contributed by atoms with E-state index < -0.39 is 65.6 Å². The second-order valence-electron chi connectivity index (χ2n) is 15.1. The molecule has 2 bridgehead atoms. The van der Waals surface area contributed by atoms with Gasteiger partial charge in [-0.3, -0.25) is 19.2 Å². The number of esters is 1. The fourth-order valence-electron chi connectivity index (χ4n) is 8.71. The summed E-state index contributed by atoms with van der Waals surface area (Å²) in [5.41, 5.74) is 0.666. The summed E-state index contributed by atoms with van der Waals surface area (Å²) in [6, 6.07) is 13.9. The van der Waals surface area contributed by atoms with E-state index in [0.29, 0.717) is 36.8 Å². The number of benzene rings is 2. The van der Waals surface area contributed by atoms with Gasteiger partial charge in [0.25, 0.3) is 0 Å². The normalized spacial score (nSPS) is 24.4. The number of hydrogen-bond donors (Lipinski definition) is 2. The van der Waals surface area contributed by atoms with Gasteiger partial charge in [0.15, 0.2) is 0 Å². The molecule has 3 saturated heterocycles. The molecule has 0 saturated carbocycles. The molecule has 14 nitrogen and oxygen atoms in total. The number of aliphatic hydroxyl groups excluding tert-OH is 1. The van der Waals surface area contributed by atoms with Crippen molar-refractivity contribution in [2.45, 2.75) is 88.6 Å². The van der Waals surface area contributed by atoms with E-state index in [0.717, 1.165) is 5.52 Å². The molecule has 14 heteroatoms. The van der Waals surface area contributed by atoms with Gasteiger partial charge in [0, 0.05) is 20.1 Å². The lowest BCUT2D eigenvalue weighted by molar-refractivity contribution is -0.163. The molecule has 3 aliphatic heterocycles. The molecule has 3 aliphatic rings. The van der Waals surface area contributed by atoms with Crippen molar-refractivity contribution in [3.05, 3.63) is 85.5 Å². The Bertz CT molecular complexity index is 1870. The van der Waals surface area contributed by atoms with E-state index in [1.165, 1.54) is 12.0 Å². The number of rotatable bonds is 19. The summed E-state index contributed by atoms with van der Waals surface area (Å²) < 4.78 is 20.2. The summed E-state index contributed by atoms with van der Waals surface area (Å²) in [4.78, 5) is 60.6. The van der Waals surface area contributed by atoms with Gasteiger partial charge in [-0.05, 0) is 49.3 Å². The number of carbonyl (C=O) groups excluding carboxylic acids is 4. The largest absolute Gasteiger partial charge is 0.455 e. The van der Waals surface area contributed by atoms with Gasteiger partial charge < -0.3 is 34.4 Å². The number of para-hydroxylation sites is 1. The van der Waals surface area contributed by atoms with Gasteiger partial charge in [-0.15, -0.1) is 18.3 Å². The first-order chi connectivity index (χ1) is 26.6. The highest BCUT2D eigenvalue weighted by Gasteiger charge is 2.75. The predicted octanol–water partition coefficient (Wildman–Crippen LogP) is 3.57. The molecule has 0 radical (unpaired) electrons. The van der Waals surface area contributed by atoms with E-state index in [9.17, 15) is 19.5 Å². The first-order valence-corrected chi connectivity index (χ1v) is 19.0. The molecule has 294 valence electrons. The van der Waals surface area contributed by atoms with Gasteiger partial charge in [0.1, 0.15) is 29.9 Å². The van der Waals surface area contributed by atoms with E-state index in [1.54, 1.807) is 33.9 Å². The minimum Gasteiger partial charge on any atom is -0.455 e. The number of carbonyl (C=O) groups is 4. The fraction of sp³-hybridized carbons (Fsp3) is 0.512. The molecule has 1 spiro atoms. The number of likely N-dealkylation sites (tertiary alicyclic amines) is 1. The standard InChI is InChI=1S/C41H52N6O8/c1-6-8-18-33(49)42-30(24-53-5)36(27-14-10-9-11-15-27)54-40(52)34-32-19-20-41(55-32)35(34)38(50)47(28(23-48)22-26(3)4)37(41)39(51)45(21-7-2)25-46-31-17-13-12-16-29(31)43-44-46/h6-7,9-17,26,28,30,32,34-37,48H,1-2,8,18-25H2,3-5H3,(H,42,49)/t28-,30-,32+,34-,35-,36-,37+,41-/m1/s1. The van der Waals surface area contributed by atoms with Crippen LogP contribution in [-0.4, -0.2) is 110 Å². The Morgan fingerprint density at radius 3 is 2.56 bits per heavy atom. The van der Waals surface area contributed by atoms with Crippen molar-refractivity contribution < 1.29 is 38.5 Å². The number of nitrogens with zero attached hydrogens (tertiary/aromatic N) is 5. The molecule has 55 heavy (non-hydrogen) atoms. The van der Waals surface area contributed by atoms with Crippen molar-refractivity contribution in [1.29, 1.82) is 0 Å². The van der Waals surface area contributed by atoms with Crippen LogP contribution in [0.5, 0.6) is 0 Å². The topological polar surface area (TPSA) is 165 Å². The van der Waals surface area contributed by atoms with Crippen LogP contribution in [-0.2, 0) is 40.1 Å². The third-order valence-corrected chi connectivity index (χ3v) is 11.0. The highest BCUT2D eigenvalue weighted by Crippen LogP contribution is 2.59. The summed E-state index contributed by atoms with van der Waals surface area (Å²) in [6.45, 7) is 11.4. The first-order valence-electron chi connectivity index (χ1n) is 19.0. The fourth-order valence-corrected chi connectivity index (χ4v) is 8.71. The van der Waals surface area contributed by atoms with E-state index in [1.807, 2.05) is 56.3 Å². The lowest BCUT2D eigenvalue weighted by Gasteiger charge is -2.39. The van der Waals surface area contributed by atoms with Crippen molar-refractivity contribution >= 4 is 34.7 Å². The highest BCUT2D eigenvalue weighted by atomic mass is 16.6. The van der Waals surface area contributed by atoms with Crippen LogP contribution in [0.2, 0.25) is 0 Å². The van der Waals surface area contributed by atoms with Crippen LogP contribution in [0.4, 0.5) is 0 Å². The third-order valence-electron chi connectivity index (χ3n) is 11.0. The summed E-state index contributed by atoms with van der Waals surface area (Å²) in [5.74, 6) is -3.79. The van der Waals surface area contributed by atoms with Gasteiger partial charge in [-0.1, -0.05) is 73.7 Å². The second-order valence-corrected chi connectivity index (χ2v) is 15.1. The Kier molecular flexibility index (Phi) is 12.5. The van der Waals surface area contributed by atoms with Crippen LogP contribution in [0, 0.1) is 17.8 Å². The second kappa shape index (κ2) is 17.3. The number of aromatic nitrogens is 3. The third kappa shape index (κ3) is 7.80. The summed E-state index contributed by atoms with van der Waals surface area (Å²) in [7, 11) is 1.50. The molecule has 2 aromatic carbocycles. The van der Waals surface area contributed by atoms with Gasteiger partial charge in [0.05, 0.1) is 48.8 Å². The maximum absolute atomic E-state index is 15.0. The molecule has 3 aromatic rings. The van der Waals surface area contributed by atoms with Crippen LogP contribution >= 0.6 is 0 Å². The minimum atomic E-state index is -1.36. The summed E-state index contributed by atoms with van der Waals surface area (Å²) in [5, 5.41) is 22.3. The van der Waals surface area contributed by atoms with Crippen molar-refractivity contribution in [1.82, 2.24) is 30.1 Å². The number of allylic oxidation sites excluding steroid dienone is 1. The molecular formula is C41H52N6O8. The molecule has 2 N–H and O–H groups in total. The van der Waals surface area contributed by atoms with Crippen LogP contribution in [0.15, 0.2) is 79.9 Å². The van der Waals surface area contributed by atoms with Crippen LogP contribution < -0.4 is 5.32 Å². The zero-order valence-electron chi connectivity index (χ0n) is 31.8. The van der Waals surface area contributed by atoms with Crippen molar-refractivity contribution in [2.24, 2.45) is 17.8 Å². The van der Waals surface area contributed by atoms with Crippen molar-refractivity contribution in [3.8, 4) is 0 Å². The molecular weight excluding hydrogens is 704 g/mol. The number of methoxy groups -OCH3 is 1. The zero-order valence-corrected chi connectivity index (χ0v) is 31.8. The lowest BCUT2D eigenvalue weighted by atomic mass is 9.70. The van der Waals surface area contributed by atoms with Gasteiger partial charge in [-0.2, -0.15) is 0 Å². The van der Waals surface area contributed by atoms with Crippen LogP contribution in [0.3, 0.4) is 0 Å². The first kappa shape index (κ1) is 39.8. The quantitative estimate of drug-likeness (QED) is 0.137. The molecule has 3 fully saturated rings. The average Bonchev–Trinajstić information content (AvgIpc) is 3.94. The summed E-state index contributed by atoms with van der Waals surface area (Å²) >= 11 is 0. The highest BCUT2D eigenvalue weighted by molar-refractivity contribution is 5.98. The Morgan fingerprint density at radius 2 is 1.87 bits per heavy atom. The molecule has 8 atom stereocenters. The Labute approximate surface area is 321 Å². The zero-order chi connectivity index (χ0) is 39.3. The molecule has 1 aromatic heterocycles. The monoisotopic (exact) mass is 756 g/mol. The van der Waals surface area contributed by atoms with Gasteiger partial charge >= 0.3 is 5.97 Å². The molecule has 0 aliphatic carbocycles. The number of nitrogens with one attached hydrogen (secondary N) is 1. The van der Waals surface area contributed by atoms with Gasteiger partial charge in [0.2, 0.25) is 17.7 Å². The van der Waals surface area contributed by atoms with Crippen molar-refractivity contribution in [2.75, 3.05) is 26.9 Å². The Morgan fingerprint density at radius 1 is 1.13 bits per heavy atom. The lowest BCUT2D eigenvalue weighted by Crippen LogP contribution is -2.59. The van der Waals surface area contributed by atoms with E-state index in [4.69, 9.17) is 14.2 Å². The number of hydrogen-bond acceptors (Lipinski definition) is 10. The molecule has 0 unspecified atom stereocenters. The molecule has 4 heterocycles. The van der Waals surface area contributed by atoms with Crippen LogP contribution in [0.1, 0.15) is 57.6 Å². The Hall–Kier alpha value is -4.92. The maximum atomic E-state index is 15.0. The smallest absolute Gasteiger partial charge is 0.313 e. The van der Waals surface area contributed by atoms with E-state index >= 15 is 4.79 Å². The average molecular weight is 757 g/mol. The number of fused-ring (bicyclic) bond motifs is 2. The SMILES string of the molecule is C=CCCC(=O)N[C@H](COC)[C@H](OC(=O)[C@@H]1[C@@H]2CC[C@]3(O2)[C@H](C(=O)N(CC=C)Cn2nnc4ccccc42)N([C@@H](CO)CC(C)C)C(=O)[C@@H]13)c1ccccc1. The van der Waals surface area contributed by atoms with Gasteiger partial charge in [-0.25, -0.2) is 4.68 Å². The minimum absolute atomic E-state index is 0.0195. The van der Waals surface area contributed by atoms with Crippen molar-refractivity contribution in [3.63, 3.8) is 0 Å².